The molecule has 0 radical (unpaired) electrons. The van der Waals surface area contributed by atoms with Crippen molar-refractivity contribution in [1.82, 2.24) is 10.2 Å². The third kappa shape index (κ3) is 4.40. The molecule has 1 heterocycles. The Hall–Kier alpha value is -0.120. The SMILES string of the molecule is CCNC(C)C1CCCCN1CCOCC. The number of hydrogen-bond acceptors (Lipinski definition) is 3. The molecule has 0 aliphatic carbocycles. The topological polar surface area (TPSA) is 24.5 Å². The summed E-state index contributed by atoms with van der Waals surface area (Å²) in [6.07, 6.45) is 4.06. The lowest BCUT2D eigenvalue weighted by Gasteiger charge is -2.39. The Bertz CT molecular complexity index is 175. The van der Waals surface area contributed by atoms with Crippen LogP contribution in [0.5, 0.6) is 0 Å². The Morgan fingerprint density at radius 3 is 2.88 bits per heavy atom. The highest BCUT2D eigenvalue weighted by Gasteiger charge is 2.26. The predicted octanol–water partition coefficient (Wildman–Crippen LogP) is 1.88. The lowest BCUT2D eigenvalue weighted by atomic mass is 9.96. The summed E-state index contributed by atoms with van der Waals surface area (Å²) < 4.78 is 5.46. The fraction of sp³-hybridized carbons (Fsp3) is 1.00. The Kier molecular flexibility index (Phi) is 7.01. The van der Waals surface area contributed by atoms with Crippen molar-refractivity contribution in [2.24, 2.45) is 0 Å². The highest BCUT2D eigenvalue weighted by molar-refractivity contribution is 4.84. The molecule has 0 aromatic carbocycles. The minimum atomic E-state index is 0.604. The van der Waals surface area contributed by atoms with Crippen LogP contribution in [0.1, 0.15) is 40.0 Å². The van der Waals surface area contributed by atoms with Gasteiger partial charge in [-0.3, -0.25) is 4.90 Å². The molecule has 1 saturated heterocycles. The molecule has 1 rings (SSSR count). The van der Waals surface area contributed by atoms with Crippen LogP contribution in [0, 0.1) is 0 Å². The Balaban J connectivity index is 2.36. The standard InChI is InChI=1S/C13H28N2O/c1-4-14-12(3)13-8-6-7-9-15(13)10-11-16-5-2/h12-14H,4-11H2,1-3H3. The second-order valence-electron chi connectivity index (χ2n) is 4.64. The minimum Gasteiger partial charge on any atom is -0.380 e. The molecule has 1 aliphatic rings. The fourth-order valence-corrected chi connectivity index (χ4v) is 2.64. The van der Waals surface area contributed by atoms with Crippen LogP contribution in [0.2, 0.25) is 0 Å². The molecule has 0 spiro atoms. The lowest BCUT2D eigenvalue weighted by molar-refractivity contribution is 0.0656. The maximum Gasteiger partial charge on any atom is 0.0593 e. The molecule has 3 nitrogen and oxygen atoms in total. The molecule has 2 atom stereocenters. The van der Waals surface area contributed by atoms with E-state index in [1.165, 1.54) is 25.8 Å². The monoisotopic (exact) mass is 228 g/mol. The van der Waals surface area contributed by atoms with Crippen LogP contribution < -0.4 is 5.32 Å². The number of ether oxygens (including phenoxy) is 1. The summed E-state index contributed by atoms with van der Waals surface area (Å²) in [5.41, 5.74) is 0. The summed E-state index contributed by atoms with van der Waals surface area (Å²) >= 11 is 0. The lowest BCUT2D eigenvalue weighted by Crippen LogP contribution is -2.51. The molecule has 1 N–H and O–H groups in total. The van der Waals surface area contributed by atoms with Crippen molar-refractivity contribution in [3.63, 3.8) is 0 Å². The predicted molar refractivity (Wildman–Crippen MR) is 68.8 cm³/mol. The smallest absolute Gasteiger partial charge is 0.0593 e. The van der Waals surface area contributed by atoms with Crippen LogP contribution in [0.25, 0.3) is 0 Å². The van der Waals surface area contributed by atoms with Gasteiger partial charge in [-0.25, -0.2) is 0 Å². The van der Waals surface area contributed by atoms with Crippen molar-refractivity contribution in [2.75, 3.05) is 32.8 Å². The van der Waals surface area contributed by atoms with Gasteiger partial charge < -0.3 is 10.1 Å². The van der Waals surface area contributed by atoms with Gasteiger partial charge in [0.25, 0.3) is 0 Å². The number of likely N-dealkylation sites (N-methyl/N-ethyl adjacent to an activating group) is 1. The third-order valence-corrected chi connectivity index (χ3v) is 3.49. The van der Waals surface area contributed by atoms with E-state index in [1.54, 1.807) is 0 Å². The van der Waals surface area contributed by atoms with Gasteiger partial charge in [0, 0.05) is 25.2 Å². The van der Waals surface area contributed by atoms with E-state index in [-0.39, 0.29) is 0 Å². The highest BCUT2D eigenvalue weighted by atomic mass is 16.5. The Morgan fingerprint density at radius 1 is 1.38 bits per heavy atom. The van der Waals surface area contributed by atoms with Crippen molar-refractivity contribution >= 4 is 0 Å². The molecule has 1 fully saturated rings. The highest BCUT2D eigenvalue weighted by Crippen LogP contribution is 2.19. The number of likely N-dealkylation sites (tertiary alicyclic amines) is 1. The van der Waals surface area contributed by atoms with Crippen molar-refractivity contribution in [1.29, 1.82) is 0 Å². The number of nitrogens with zero attached hydrogens (tertiary/aromatic N) is 1. The molecule has 1 aliphatic heterocycles. The van der Waals surface area contributed by atoms with Crippen molar-refractivity contribution in [3.05, 3.63) is 0 Å². The number of nitrogens with one attached hydrogen (secondary N) is 1. The Labute approximate surface area is 101 Å². The molecule has 96 valence electrons. The van der Waals surface area contributed by atoms with Crippen LogP contribution in [-0.2, 0) is 4.74 Å². The molecular weight excluding hydrogens is 200 g/mol. The summed E-state index contributed by atoms with van der Waals surface area (Å²) in [5, 5.41) is 3.55. The van der Waals surface area contributed by atoms with E-state index in [9.17, 15) is 0 Å². The fourth-order valence-electron chi connectivity index (χ4n) is 2.64. The van der Waals surface area contributed by atoms with Gasteiger partial charge in [-0.2, -0.15) is 0 Å². The zero-order valence-corrected chi connectivity index (χ0v) is 11.2. The summed E-state index contributed by atoms with van der Waals surface area (Å²) in [7, 11) is 0. The van der Waals surface area contributed by atoms with E-state index in [1.807, 2.05) is 0 Å². The molecule has 0 bridgehead atoms. The van der Waals surface area contributed by atoms with Gasteiger partial charge in [0.2, 0.25) is 0 Å². The quantitative estimate of drug-likeness (QED) is 0.673. The first-order chi connectivity index (χ1) is 7.79. The van der Waals surface area contributed by atoms with Gasteiger partial charge in [-0.05, 0) is 39.8 Å². The number of hydrogen-bond donors (Lipinski definition) is 1. The van der Waals surface area contributed by atoms with E-state index >= 15 is 0 Å². The molecule has 0 saturated carbocycles. The van der Waals surface area contributed by atoms with Crippen LogP contribution >= 0.6 is 0 Å². The van der Waals surface area contributed by atoms with Crippen molar-refractivity contribution < 1.29 is 4.74 Å². The van der Waals surface area contributed by atoms with Gasteiger partial charge in [-0.1, -0.05) is 13.3 Å². The molecule has 0 aromatic heterocycles. The van der Waals surface area contributed by atoms with E-state index in [4.69, 9.17) is 4.74 Å². The van der Waals surface area contributed by atoms with Crippen molar-refractivity contribution in [2.45, 2.75) is 52.1 Å². The van der Waals surface area contributed by atoms with Gasteiger partial charge >= 0.3 is 0 Å². The molecule has 16 heavy (non-hydrogen) atoms. The largest absolute Gasteiger partial charge is 0.380 e. The molecule has 3 heteroatoms. The normalized spacial score (nSPS) is 24.6. The van der Waals surface area contributed by atoms with Gasteiger partial charge in [0.15, 0.2) is 0 Å². The van der Waals surface area contributed by atoms with E-state index in [0.29, 0.717) is 12.1 Å². The summed E-state index contributed by atoms with van der Waals surface area (Å²) in [6.45, 7) is 11.7. The second-order valence-corrected chi connectivity index (χ2v) is 4.64. The van der Waals surface area contributed by atoms with Gasteiger partial charge in [0.05, 0.1) is 6.61 Å². The summed E-state index contributed by atoms with van der Waals surface area (Å²) in [5.74, 6) is 0. The van der Waals surface area contributed by atoms with Crippen LogP contribution in [-0.4, -0.2) is 49.8 Å². The van der Waals surface area contributed by atoms with Crippen molar-refractivity contribution in [3.8, 4) is 0 Å². The van der Waals surface area contributed by atoms with E-state index in [2.05, 4.69) is 31.0 Å². The summed E-state index contributed by atoms with van der Waals surface area (Å²) in [4.78, 5) is 2.60. The zero-order valence-electron chi connectivity index (χ0n) is 11.2. The molecular formula is C13H28N2O. The first-order valence-corrected chi connectivity index (χ1v) is 6.84. The first kappa shape index (κ1) is 13.9. The number of piperidine rings is 1. The molecule has 0 amide bonds. The number of rotatable bonds is 7. The average molecular weight is 228 g/mol. The molecule has 0 aromatic rings. The second kappa shape index (κ2) is 8.04. The summed E-state index contributed by atoms with van der Waals surface area (Å²) in [6, 6.07) is 1.31. The first-order valence-electron chi connectivity index (χ1n) is 6.84. The minimum absolute atomic E-state index is 0.604. The average Bonchev–Trinajstić information content (AvgIpc) is 2.30. The van der Waals surface area contributed by atoms with Gasteiger partial charge in [0.1, 0.15) is 0 Å². The maximum atomic E-state index is 5.46. The van der Waals surface area contributed by atoms with Crippen LogP contribution in [0.4, 0.5) is 0 Å². The zero-order chi connectivity index (χ0) is 11.8. The molecule has 2 unspecified atom stereocenters. The van der Waals surface area contributed by atoms with E-state index < -0.39 is 0 Å². The van der Waals surface area contributed by atoms with Crippen LogP contribution in [0.15, 0.2) is 0 Å². The Morgan fingerprint density at radius 2 is 2.19 bits per heavy atom. The third-order valence-electron chi connectivity index (χ3n) is 3.49. The maximum absolute atomic E-state index is 5.46. The van der Waals surface area contributed by atoms with Gasteiger partial charge in [-0.15, -0.1) is 0 Å². The van der Waals surface area contributed by atoms with Crippen LogP contribution in [0.3, 0.4) is 0 Å². The van der Waals surface area contributed by atoms with E-state index in [0.717, 1.165) is 26.3 Å².